The summed E-state index contributed by atoms with van der Waals surface area (Å²) in [5.41, 5.74) is 2.68. The molecule has 1 N–H and O–H groups in total. The van der Waals surface area contributed by atoms with Crippen LogP contribution in [0.25, 0.3) is 0 Å². The number of hydrogen-bond acceptors (Lipinski definition) is 3. The van der Waals surface area contributed by atoms with Crippen LogP contribution in [0.1, 0.15) is 24.5 Å². The van der Waals surface area contributed by atoms with Crippen molar-refractivity contribution in [2.45, 2.75) is 32.4 Å². The number of rotatable bonds is 3. The summed E-state index contributed by atoms with van der Waals surface area (Å²) in [6, 6.07) is 8.57. The van der Waals surface area contributed by atoms with Gasteiger partial charge in [0.25, 0.3) is 0 Å². The molecule has 0 bridgehead atoms. The van der Waals surface area contributed by atoms with Gasteiger partial charge >= 0.3 is 5.97 Å². The molecule has 1 aromatic carbocycles. The van der Waals surface area contributed by atoms with Gasteiger partial charge in [-0.2, -0.15) is 0 Å². The fourth-order valence-corrected chi connectivity index (χ4v) is 2.09. The van der Waals surface area contributed by atoms with Crippen LogP contribution >= 0.6 is 0 Å². The lowest BCUT2D eigenvalue weighted by Crippen LogP contribution is -2.37. The second-order valence-electron chi connectivity index (χ2n) is 4.06. The minimum absolute atomic E-state index is 0.112. The summed E-state index contributed by atoms with van der Waals surface area (Å²) in [7, 11) is 0. The van der Waals surface area contributed by atoms with E-state index >= 15 is 0 Å². The van der Waals surface area contributed by atoms with Gasteiger partial charge in [0.1, 0.15) is 0 Å². The van der Waals surface area contributed by atoms with Crippen molar-refractivity contribution in [3.05, 3.63) is 35.4 Å². The van der Waals surface area contributed by atoms with E-state index in [1.54, 1.807) is 0 Å². The highest BCUT2D eigenvalue weighted by Crippen LogP contribution is 2.17. The van der Waals surface area contributed by atoms with E-state index in [0.717, 1.165) is 13.0 Å². The van der Waals surface area contributed by atoms with Crippen molar-refractivity contribution in [1.82, 2.24) is 5.32 Å². The summed E-state index contributed by atoms with van der Waals surface area (Å²) in [5, 5.41) is 3.36. The molecule has 1 aromatic rings. The lowest BCUT2D eigenvalue weighted by atomic mass is 9.94. The molecule has 0 unspecified atom stereocenters. The molecule has 1 atom stereocenters. The zero-order valence-electron chi connectivity index (χ0n) is 9.53. The maximum Gasteiger partial charge on any atom is 0.307 e. The molecule has 3 nitrogen and oxygen atoms in total. The van der Waals surface area contributed by atoms with Crippen LogP contribution in [0.2, 0.25) is 0 Å². The first-order chi connectivity index (χ1) is 7.79. The van der Waals surface area contributed by atoms with Crippen LogP contribution in [0.3, 0.4) is 0 Å². The van der Waals surface area contributed by atoms with Crippen molar-refractivity contribution >= 4 is 5.97 Å². The summed E-state index contributed by atoms with van der Waals surface area (Å²) >= 11 is 0. The summed E-state index contributed by atoms with van der Waals surface area (Å²) in [6.45, 7) is 3.14. The lowest BCUT2D eigenvalue weighted by Gasteiger charge is -2.25. The highest BCUT2D eigenvalue weighted by atomic mass is 16.5. The quantitative estimate of drug-likeness (QED) is 0.786. The summed E-state index contributed by atoms with van der Waals surface area (Å²) in [4.78, 5) is 11.4. The van der Waals surface area contributed by atoms with Crippen LogP contribution in [0, 0.1) is 0 Å². The highest BCUT2D eigenvalue weighted by Gasteiger charge is 2.20. The van der Waals surface area contributed by atoms with E-state index in [1.165, 1.54) is 11.1 Å². The Balaban J connectivity index is 1.95. The summed E-state index contributed by atoms with van der Waals surface area (Å²) < 4.78 is 4.95. The van der Waals surface area contributed by atoms with Gasteiger partial charge < -0.3 is 10.1 Å². The molecule has 2 rings (SSSR count). The molecule has 0 aromatic heterocycles. The Morgan fingerprint density at radius 3 is 2.94 bits per heavy atom. The number of fused-ring (bicyclic) bond motifs is 1. The Morgan fingerprint density at radius 2 is 2.19 bits per heavy atom. The molecular formula is C13H17NO2. The average Bonchev–Trinajstić information content (AvgIpc) is 2.29. The van der Waals surface area contributed by atoms with Crippen LogP contribution in [0.5, 0.6) is 0 Å². The molecule has 0 amide bonds. The van der Waals surface area contributed by atoms with Crippen molar-refractivity contribution in [1.29, 1.82) is 0 Å². The Bertz CT molecular complexity index is 376. The molecule has 86 valence electrons. The fraction of sp³-hybridized carbons (Fsp3) is 0.462. The van der Waals surface area contributed by atoms with Gasteiger partial charge in [0.15, 0.2) is 0 Å². The minimum atomic E-state index is -0.112. The van der Waals surface area contributed by atoms with Crippen LogP contribution < -0.4 is 5.32 Å². The largest absolute Gasteiger partial charge is 0.466 e. The van der Waals surface area contributed by atoms with Crippen LogP contribution in [0.4, 0.5) is 0 Å². The molecule has 0 aliphatic carbocycles. The van der Waals surface area contributed by atoms with E-state index in [-0.39, 0.29) is 12.0 Å². The van der Waals surface area contributed by atoms with E-state index in [0.29, 0.717) is 13.0 Å². The van der Waals surface area contributed by atoms with Crippen molar-refractivity contribution < 1.29 is 9.53 Å². The van der Waals surface area contributed by atoms with E-state index in [4.69, 9.17) is 4.74 Å². The molecule has 1 aliphatic rings. The first-order valence-electron chi connectivity index (χ1n) is 5.75. The minimum Gasteiger partial charge on any atom is -0.466 e. The topological polar surface area (TPSA) is 38.3 Å². The van der Waals surface area contributed by atoms with Gasteiger partial charge in [0, 0.05) is 12.6 Å². The van der Waals surface area contributed by atoms with E-state index in [1.807, 2.05) is 19.1 Å². The van der Waals surface area contributed by atoms with E-state index < -0.39 is 0 Å². The molecule has 1 aliphatic heterocycles. The number of nitrogens with one attached hydrogen (secondary N) is 1. The molecule has 16 heavy (non-hydrogen) atoms. The normalized spacial score (nSPS) is 18.9. The molecule has 0 fully saturated rings. The summed E-state index contributed by atoms with van der Waals surface area (Å²) in [5.74, 6) is -0.112. The van der Waals surface area contributed by atoms with Gasteiger partial charge in [-0.1, -0.05) is 24.3 Å². The number of hydrogen-bond donors (Lipinski definition) is 1. The van der Waals surface area contributed by atoms with Crippen LogP contribution in [-0.2, 0) is 22.5 Å². The van der Waals surface area contributed by atoms with Crippen molar-refractivity contribution in [3.63, 3.8) is 0 Å². The third-order valence-electron chi connectivity index (χ3n) is 2.88. The smallest absolute Gasteiger partial charge is 0.307 e. The predicted molar refractivity (Wildman–Crippen MR) is 62.0 cm³/mol. The Labute approximate surface area is 95.8 Å². The molecule has 0 saturated carbocycles. The van der Waals surface area contributed by atoms with E-state index in [9.17, 15) is 4.79 Å². The maximum absolute atomic E-state index is 11.4. The molecule has 0 saturated heterocycles. The standard InChI is InChI=1S/C13H17NO2/c1-2-16-13(15)8-12-7-10-5-3-4-6-11(10)9-14-12/h3-6,12,14H,2,7-9H2,1H3/t12-/m1/s1. The predicted octanol–water partition coefficient (Wildman–Crippen LogP) is 1.65. The molecule has 3 heteroatoms. The average molecular weight is 219 g/mol. The Kier molecular flexibility index (Phi) is 3.57. The molecule has 0 spiro atoms. The van der Waals surface area contributed by atoms with Gasteiger partial charge in [-0.05, 0) is 24.5 Å². The second-order valence-corrected chi connectivity index (χ2v) is 4.06. The SMILES string of the molecule is CCOC(=O)C[C@H]1Cc2ccccc2CN1. The number of benzene rings is 1. The third-order valence-corrected chi connectivity index (χ3v) is 2.88. The maximum atomic E-state index is 11.4. The first kappa shape index (κ1) is 11.1. The van der Waals surface area contributed by atoms with Crippen molar-refractivity contribution in [2.75, 3.05) is 6.61 Å². The number of carbonyl (C=O) groups excluding carboxylic acids is 1. The number of carbonyl (C=O) groups is 1. The van der Waals surface area contributed by atoms with Crippen molar-refractivity contribution in [3.8, 4) is 0 Å². The number of esters is 1. The Hall–Kier alpha value is -1.35. The first-order valence-corrected chi connectivity index (χ1v) is 5.75. The van der Waals surface area contributed by atoms with Crippen molar-refractivity contribution in [2.24, 2.45) is 0 Å². The van der Waals surface area contributed by atoms with Crippen LogP contribution in [0.15, 0.2) is 24.3 Å². The van der Waals surface area contributed by atoms with E-state index in [2.05, 4.69) is 17.4 Å². The number of ether oxygens (including phenoxy) is 1. The van der Waals surface area contributed by atoms with Gasteiger partial charge in [-0.3, -0.25) is 4.79 Å². The molecule has 1 heterocycles. The molecular weight excluding hydrogens is 202 g/mol. The van der Waals surface area contributed by atoms with Gasteiger partial charge in [-0.15, -0.1) is 0 Å². The second kappa shape index (κ2) is 5.12. The third kappa shape index (κ3) is 2.61. The fourth-order valence-electron chi connectivity index (χ4n) is 2.09. The van der Waals surface area contributed by atoms with Gasteiger partial charge in [0.05, 0.1) is 13.0 Å². The Morgan fingerprint density at radius 1 is 1.44 bits per heavy atom. The lowest BCUT2D eigenvalue weighted by molar-refractivity contribution is -0.143. The van der Waals surface area contributed by atoms with Gasteiger partial charge in [-0.25, -0.2) is 0 Å². The monoisotopic (exact) mass is 219 g/mol. The molecule has 0 radical (unpaired) electrons. The zero-order valence-corrected chi connectivity index (χ0v) is 9.53. The van der Waals surface area contributed by atoms with Crippen LogP contribution in [-0.4, -0.2) is 18.6 Å². The van der Waals surface area contributed by atoms with Gasteiger partial charge in [0.2, 0.25) is 0 Å². The zero-order chi connectivity index (χ0) is 11.4. The highest BCUT2D eigenvalue weighted by molar-refractivity contribution is 5.70. The summed E-state index contributed by atoms with van der Waals surface area (Å²) in [6.07, 6.45) is 1.37.